The maximum atomic E-state index is 10.8. The van der Waals surface area contributed by atoms with Gasteiger partial charge in [-0.15, -0.1) is 0 Å². The van der Waals surface area contributed by atoms with Crippen molar-refractivity contribution in [1.82, 2.24) is 5.32 Å². The molecule has 1 atom stereocenters. The zero-order valence-electron chi connectivity index (χ0n) is 8.23. The van der Waals surface area contributed by atoms with Gasteiger partial charge < -0.3 is 11.1 Å². The summed E-state index contributed by atoms with van der Waals surface area (Å²) >= 11 is 0. The molecule has 88 valence electrons. The van der Waals surface area contributed by atoms with E-state index in [9.17, 15) is 22.8 Å². The Kier molecular flexibility index (Phi) is 5.27. The Balaban J connectivity index is 0.000000265. The Morgan fingerprint density at radius 3 is 2.20 bits per heavy atom. The maximum Gasteiger partial charge on any atom is 0.449 e. The Morgan fingerprint density at radius 1 is 1.53 bits per heavy atom. The van der Waals surface area contributed by atoms with Crippen molar-refractivity contribution in [2.24, 2.45) is 5.73 Å². The lowest BCUT2D eigenvalue weighted by Gasteiger charge is -2.16. The number of alkyl halides is 3. The molecule has 0 aromatic carbocycles. The normalized spacial score (nSPS) is 21.1. The summed E-state index contributed by atoms with van der Waals surface area (Å²) in [5.74, 6) is -1.67. The minimum absolute atomic E-state index is 0.0868. The van der Waals surface area contributed by atoms with E-state index < -0.39 is 12.0 Å². The van der Waals surface area contributed by atoms with Crippen LogP contribution in [0.5, 0.6) is 0 Å². The molecule has 0 aromatic heterocycles. The third kappa shape index (κ3) is 6.89. The maximum absolute atomic E-state index is 10.8. The van der Waals surface area contributed by atoms with Crippen molar-refractivity contribution in [3.63, 3.8) is 0 Å². The average molecular weight is 226 g/mol. The summed E-state index contributed by atoms with van der Waals surface area (Å²) in [7, 11) is 0. The van der Waals surface area contributed by atoms with Crippen molar-refractivity contribution in [2.75, 3.05) is 6.54 Å². The number of hydrogen-bond donors (Lipinski definition) is 2. The number of ketones is 1. The zero-order valence-corrected chi connectivity index (χ0v) is 8.23. The van der Waals surface area contributed by atoms with Crippen LogP contribution in [-0.4, -0.2) is 30.5 Å². The number of hydrogen-bond acceptors (Lipinski definition) is 3. The first kappa shape index (κ1) is 13.9. The molecule has 1 aliphatic rings. The molecule has 7 heteroatoms. The summed E-state index contributed by atoms with van der Waals surface area (Å²) in [4.78, 5) is 19.8. The number of halogens is 3. The molecular formula is C8H13F3N2O2. The lowest BCUT2D eigenvalue weighted by Crippen LogP contribution is -2.40. The van der Waals surface area contributed by atoms with Crippen molar-refractivity contribution < 1.29 is 22.8 Å². The van der Waals surface area contributed by atoms with Gasteiger partial charge in [-0.05, 0) is 6.42 Å². The monoisotopic (exact) mass is 226 g/mol. The van der Waals surface area contributed by atoms with Crippen LogP contribution in [0.1, 0.15) is 19.8 Å². The topological polar surface area (TPSA) is 72.2 Å². The number of nitrogens with two attached hydrogens (primary N) is 1. The summed E-state index contributed by atoms with van der Waals surface area (Å²) < 4.78 is 32.5. The molecule has 1 unspecified atom stereocenters. The third-order valence-corrected chi connectivity index (χ3v) is 1.68. The largest absolute Gasteiger partial charge is 0.449 e. The number of carbonyl (C=O) groups excluding carboxylic acids is 2. The zero-order chi connectivity index (χ0) is 12.1. The number of amides is 1. The van der Waals surface area contributed by atoms with Crippen LogP contribution in [-0.2, 0) is 9.59 Å². The Morgan fingerprint density at radius 2 is 2.00 bits per heavy atom. The van der Waals surface area contributed by atoms with Gasteiger partial charge in [0.1, 0.15) is 0 Å². The number of carbonyl (C=O) groups is 2. The summed E-state index contributed by atoms with van der Waals surface area (Å²) in [5, 5.41) is 2.69. The quantitative estimate of drug-likeness (QED) is 0.626. The Hall–Kier alpha value is -1.11. The third-order valence-electron chi connectivity index (χ3n) is 1.68. The van der Waals surface area contributed by atoms with Gasteiger partial charge in [-0.1, -0.05) is 0 Å². The molecule has 0 radical (unpaired) electrons. The number of Topliss-reactive ketones (excluding diaryl/α,β-unsaturated/α-hetero) is 1. The highest BCUT2D eigenvalue weighted by Crippen LogP contribution is 2.14. The molecule has 0 bridgehead atoms. The second kappa shape index (κ2) is 5.69. The molecule has 15 heavy (non-hydrogen) atoms. The van der Waals surface area contributed by atoms with E-state index in [2.05, 4.69) is 5.32 Å². The van der Waals surface area contributed by atoms with Crippen LogP contribution >= 0.6 is 0 Å². The lowest BCUT2D eigenvalue weighted by molar-refractivity contribution is -0.168. The van der Waals surface area contributed by atoms with E-state index in [4.69, 9.17) is 5.73 Å². The molecule has 1 rings (SSSR count). The van der Waals surface area contributed by atoms with E-state index >= 15 is 0 Å². The van der Waals surface area contributed by atoms with Crippen molar-refractivity contribution in [3.8, 4) is 0 Å². The minimum atomic E-state index is -4.64. The predicted molar refractivity (Wildman–Crippen MR) is 47.0 cm³/mol. The molecule has 0 spiro atoms. The van der Waals surface area contributed by atoms with Crippen LogP contribution in [0.4, 0.5) is 13.2 Å². The van der Waals surface area contributed by atoms with Crippen molar-refractivity contribution in [3.05, 3.63) is 0 Å². The molecule has 0 aliphatic carbocycles. The molecule has 3 N–H and O–H groups in total. The molecule has 0 aromatic rings. The fourth-order valence-electron chi connectivity index (χ4n) is 0.809. The van der Waals surface area contributed by atoms with Gasteiger partial charge in [0.15, 0.2) is 0 Å². The van der Waals surface area contributed by atoms with Gasteiger partial charge in [-0.25, -0.2) is 0 Å². The van der Waals surface area contributed by atoms with Gasteiger partial charge in [0.05, 0.1) is 0 Å². The standard InChI is InChI=1S/C5H10N2O.C3H3F3O/c6-4-1-2-7-5(8)3-4;1-2(7)3(4,5)6/h4H,1-3,6H2,(H,7,8);1H3. The Bertz CT molecular complexity index is 241. The molecule has 1 amide bonds. The first-order valence-corrected chi connectivity index (χ1v) is 4.33. The summed E-state index contributed by atoms with van der Waals surface area (Å²) in [6, 6.07) is 0.101. The highest BCUT2D eigenvalue weighted by Gasteiger charge is 2.33. The van der Waals surface area contributed by atoms with E-state index in [1.165, 1.54) is 0 Å². The highest BCUT2D eigenvalue weighted by atomic mass is 19.4. The van der Waals surface area contributed by atoms with Gasteiger partial charge in [0, 0.05) is 25.9 Å². The first-order valence-electron chi connectivity index (χ1n) is 4.33. The minimum Gasteiger partial charge on any atom is -0.356 e. The van der Waals surface area contributed by atoms with Crippen molar-refractivity contribution >= 4 is 11.7 Å². The molecule has 1 aliphatic heterocycles. The lowest BCUT2D eigenvalue weighted by atomic mass is 10.1. The van der Waals surface area contributed by atoms with E-state index in [1.54, 1.807) is 0 Å². The Labute approximate surface area is 85.0 Å². The molecular weight excluding hydrogens is 213 g/mol. The predicted octanol–water partition coefficient (Wildman–Crippen LogP) is 0.361. The molecule has 4 nitrogen and oxygen atoms in total. The fourth-order valence-corrected chi connectivity index (χ4v) is 0.809. The summed E-state index contributed by atoms with van der Waals surface area (Å²) in [5.41, 5.74) is 5.46. The summed E-state index contributed by atoms with van der Waals surface area (Å²) in [6.07, 6.45) is -3.22. The van der Waals surface area contributed by atoms with Gasteiger partial charge >= 0.3 is 6.18 Å². The molecule has 1 heterocycles. The molecule has 0 saturated carbocycles. The molecule has 1 saturated heterocycles. The fraction of sp³-hybridized carbons (Fsp3) is 0.750. The van der Waals surface area contributed by atoms with Crippen LogP contribution < -0.4 is 11.1 Å². The van der Waals surface area contributed by atoms with Gasteiger partial charge in [0.25, 0.3) is 0 Å². The van der Waals surface area contributed by atoms with E-state index in [0.717, 1.165) is 13.0 Å². The average Bonchev–Trinajstić information content (AvgIpc) is 2.02. The van der Waals surface area contributed by atoms with E-state index in [0.29, 0.717) is 13.3 Å². The number of piperidine rings is 1. The van der Waals surface area contributed by atoms with Crippen LogP contribution in [0.25, 0.3) is 0 Å². The second-order valence-electron chi connectivity index (χ2n) is 3.16. The highest BCUT2D eigenvalue weighted by molar-refractivity contribution is 5.81. The number of rotatable bonds is 0. The van der Waals surface area contributed by atoms with Gasteiger partial charge in [-0.3, -0.25) is 9.59 Å². The summed E-state index contributed by atoms with van der Waals surface area (Å²) in [6.45, 7) is 1.24. The van der Waals surface area contributed by atoms with Gasteiger partial charge in [-0.2, -0.15) is 13.2 Å². The second-order valence-corrected chi connectivity index (χ2v) is 3.16. The van der Waals surface area contributed by atoms with E-state index in [-0.39, 0.29) is 11.9 Å². The van der Waals surface area contributed by atoms with Crippen LogP contribution in [0.3, 0.4) is 0 Å². The van der Waals surface area contributed by atoms with Crippen molar-refractivity contribution in [1.29, 1.82) is 0 Å². The van der Waals surface area contributed by atoms with Crippen LogP contribution in [0, 0.1) is 0 Å². The first-order chi connectivity index (χ1) is 6.73. The van der Waals surface area contributed by atoms with Gasteiger partial charge in [0.2, 0.25) is 11.7 Å². The molecule has 1 fully saturated rings. The van der Waals surface area contributed by atoms with E-state index in [1.807, 2.05) is 0 Å². The smallest absolute Gasteiger partial charge is 0.356 e. The van der Waals surface area contributed by atoms with Crippen LogP contribution in [0.2, 0.25) is 0 Å². The SMILES string of the molecule is CC(=O)C(F)(F)F.NC1CCNC(=O)C1. The van der Waals surface area contributed by atoms with Crippen molar-refractivity contribution in [2.45, 2.75) is 32.0 Å². The number of nitrogens with one attached hydrogen (secondary N) is 1. The van der Waals surface area contributed by atoms with Crippen LogP contribution in [0.15, 0.2) is 0 Å².